The molecule has 1 aromatic heterocycles. The lowest BCUT2D eigenvalue weighted by molar-refractivity contribution is -0.143. The molecule has 15 nitrogen and oxygen atoms in total. The smallest absolute Gasteiger partial charge is 0.326 e. The number of rotatable bonds is 16. The second kappa shape index (κ2) is 15.2. The highest BCUT2D eigenvalue weighted by molar-refractivity contribution is 5.96. The van der Waals surface area contributed by atoms with Crippen LogP contribution in [0.1, 0.15) is 38.7 Å². The van der Waals surface area contributed by atoms with Crippen LogP contribution in [0.4, 0.5) is 0 Å². The highest BCUT2D eigenvalue weighted by atomic mass is 16.4. The van der Waals surface area contributed by atoms with Gasteiger partial charge in [-0.1, -0.05) is 32.0 Å². The van der Waals surface area contributed by atoms with Gasteiger partial charge in [-0.15, -0.1) is 0 Å². The number of nitrogens with zero attached hydrogens (tertiary/aromatic N) is 1. The van der Waals surface area contributed by atoms with Gasteiger partial charge in [0, 0.05) is 30.1 Å². The lowest BCUT2D eigenvalue weighted by Crippen LogP contribution is -2.58. The third-order valence-corrected chi connectivity index (χ3v) is 6.32. The molecule has 0 spiro atoms. The fraction of sp³-hybridized carbons (Fsp3) is 0.462. The van der Waals surface area contributed by atoms with Gasteiger partial charge in [-0.2, -0.15) is 0 Å². The number of carbonyl (C=O) groups excluding carboxylic acids is 3. The van der Waals surface area contributed by atoms with Crippen molar-refractivity contribution in [3.63, 3.8) is 0 Å². The number of carbonyl (C=O) groups is 5. The molecule has 15 heteroatoms. The molecule has 0 saturated heterocycles. The van der Waals surface area contributed by atoms with E-state index in [0.717, 1.165) is 10.9 Å². The third kappa shape index (κ3) is 10.1. The number of H-pyrrole nitrogens is 1. The topological polar surface area (TPSA) is 268 Å². The third-order valence-electron chi connectivity index (χ3n) is 6.32. The molecule has 1 heterocycles. The number of amides is 3. The van der Waals surface area contributed by atoms with Crippen LogP contribution in [0.25, 0.3) is 10.9 Å². The van der Waals surface area contributed by atoms with E-state index < -0.39 is 60.2 Å². The van der Waals surface area contributed by atoms with Crippen molar-refractivity contribution in [2.75, 3.05) is 6.54 Å². The van der Waals surface area contributed by atoms with Crippen LogP contribution in [0.5, 0.6) is 0 Å². The number of nitrogens with two attached hydrogens (primary N) is 3. The molecular formula is C26H38N8O7. The van der Waals surface area contributed by atoms with Gasteiger partial charge in [-0.25, -0.2) is 4.79 Å². The number of aliphatic imine (C=N–C) groups is 1. The first-order valence-corrected chi connectivity index (χ1v) is 13.0. The molecule has 0 radical (unpaired) electrons. The van der Waals surface area contributed by atoms with Gasteiger partial charge in [-0.3, -0.25) is 24.2 Å². The summed E-state index contributed by atoms with van der Waals surface area (Å²) in [5.41, 5.74) is 17.9. The summed E-state index contributed by atoms with van der Waals surface area (Å²) in [6.45, 7) is 3.59. The van der Waals surface area contributed by atoms with E-state index in [1.165, 1.54) is 0 Å². The Balaban J connectivity index is 2.20. The fourth-order valence-electron chi connectivity index (χ4n) is 3.99. The lowest BCUT2D eigenvalue weighted by Gasteiger charge is -2.25. The molecule has 0 saturated carbocycles. The van der Waals surface area contributed by atoms with Crippen LogP contribution in [0.15, 0.2) is 35.5 Å². The van der Waals surface area contributed by atoms with Crippen LogP contribution in [0, 0.1) is 5.92 Å². The number of aliphatic carboxylic acids is 2. The van der Waals surface area contributed by atoms with Gasteiger partial charge < -0.3 is 48.3 Å². The normalized spacial score (nSPS) is 14.0. The Bertz CT molecular complexity index is 1270. The number of aromatic amines is 1. The van der Waals surface area contributed by atoms with Crippen molar-refractivity contribution in [3.8, 4) is 0 Å². The van der Waals surface area contributed by atoms with E-state index in [2.05, 4.69) is 25.9 Å². The summed E-state index contributed by atoms with van der Waals surface area (Å²) in [7, 11) is 0. The SMILES string of the molecule is CC(C)C(N)C(=O)NC(CCCN=C(N)N)C(=O)NC(CC(=O)O)C(=O)NC(Cc1c[nH]c2ccccc12)C(=O)O. The van der Waals surface area contributed by atoms with Gasteiger partial charge >= 0.3 is 11.9 Å². The molecule has 0 fully saturated rings. The molecule has 4 unspecified atom stereocenters. The monoisotopic (exact) mass is 574 g/mol. The summed E-state index contributed by atoms with van der Waals surface area (Å²) in [5, 5.41) is 27.1. The standard InChI is InChI=1S/C26H38N8O7/c1-13(2)21(27)24(39)32-17(8-5-9-30-26(28)29)22(37)33-18(11-20(35)36)23(38)34-19(25(40)41)10-14-12-31-16-7-4-3-6-15(14)16/h3-4,6-7,12-13,17-19,21,31H,5,8-11,27H2,1-2H3,(H,32,39)(H,33,37)(H,34,38)(H,35,36)(H,40,41)(H4,28,29,30). The molecule has 0 aliphatic heterocycles. The predicted octanol–water partition coefficient (Wildman–Crippen LogP) is -1.24. The first kappa shape index (κ1) is 32.6. The molecule has 3 amide bonds. The van der Waals surface area contributed by atoms with Crippen molar-refractivity contribution >= 4 is 46.5 Å². The molecule has 4 atom stereocenters. The van der Waals surface area contributed by atoms with E-state index in [9.17, 15) is 34.2 Å². The van der Waals surface area contributed by atoms with Gasteiger partial charge in [0.2, 0.25) is 17.7 Å². The Labute approximate surface area is 236 Å². The van der Waals surface area contributed by atoms with Gasteiger partial charge in [-0.05, 0) is 30.4 Å². The van der Waals surface area contributed by atoms with E-state index in [-0.39, 0.29) is 37.7 Å². The number of hydrogen-bond donors (Lipinski definition) is 9. The average molecular weight is 575 g/mol. The molecule has 0 aliphatic carbocycles. The summed E-state index contributed by atoms with van der Waals surface area (Å²) >= 11 is 0. The van der Waals surface area contributed by atoms with Crippen molar-refractivity contribution in [3.05, 3.63) is 36.0 Å². The number of guanidine groups is 1. The van der Waals surface area contributed by atoms with Crippen LogP contribution in [0.3, 0.4) is 0 Å². The lowest BCUT2D eigenvalue weighted by atomic mass is 10.0. The molecule has 12 N–H and O–H groups in total. The highest BCUT2D eigenvalue weighted by Gasteiger charge is 2.32. The number of fused-ring (bicyclic) bond motifs is 1. The molecular weight excluding hydrogens is 536 g/mol. The average Bonchev–Trinajstić information content (AvgIpc) is 3.31. The van der Waals surface area contributed by atoms with Crippen molar-refractivity contribution in [1.29, 1.82) is 0 Å². The van der Waals surface area contributed by atoms with Crippen LogP contribution in [-0.4, -0.2) is 81.5 Å². The maximum absolute atomic E-state index is 13.2. The quantitative estimate of drug-likeness (QED) is 0.0653. The van der Waals surface area contributed by atoms with Gasteiger partial charge in [0.25, 0.3) is 0 Å². The van der Waals surface area contributed by atoms with E-state index in [0.29, 0.717) is 5.56 Å². The van der Waals surface area contributed by atoms with Gasteiger partial charge in [0.05, 0.1) is 12.5 Å². The summed E-state index contributed by atoms with van der Waals surface area (Å²) < 4.78 is 0. The highest BCUT2D eigenvalue weighted by Crippen LogP contribution is 2.19. The minimum Gasteiger partial charge on any atom is -0.481 e. The summed E-state index contributed by atoms with van der Waals surface area (Å²) in [6, 6.07) is 2.01. The molecule has 41 heavy (non-hydrogen) atoms. The second-order valence-electron chi connectivity index (χ2n) is 9.90. The molecule has 0 aliphatic rings. The number of carboxylic acid groups (broad SMARTS) is 2. The van der Waals surface area contributed by atoms with E-state index in [1.54, 1.807) is 32.2 Å². The Hall–Kier alpha value is -4.66. The summed E-state index contributed by atoms with van der Waals surface area (Å²) in [5.74, 6) is -5.65. The van der Waals surface area contributed by atoms with Gasteiger partial charge in [0.1, 0.15) is 18.1 Å². The van der Waals surface area contributed by atoms with Crippen molar-refractivity contribution in [2.45, 2.75) is 63.7 Å². The zero-order valence-corrected chi connectivity index (χ0v) is 22.9. The van der Waals surface area contributed by atoms with Crippen molar-refractivity contribution in [1.82, 2.24) is 20.9 Å². The molecule has 2 rings (SSSR count). The van der Waals surface area contributed by atoms with E-state index in [1.807, 2.05) is 12.1 Å². The number of carboxylic acids is 2. The maximum Gasteiger partial charge on any atom is 0.326 e. The summed E-state index contributed by atoms with van der Waals surface area (Å²) in [6.07, 6.45) is 0.987. The summed E-state index contributed by atoms with van der Waals surface area (Å²) in [4.78, 5) is 69.2. The number of aromatic nitrogens is 1. The maximum atomic E-state index is 13.2. The molecule has 1 aromatic carbocycles. The first-order chi connectivity index (χ1) is 19.3. The molecule has 2 aromatic rings. The largest absolute Gasteiger partial charge is 0.481 e. The molecule has 0 bridgehead atoms. The van der Waals surface area contributed by atoms with Crippen molar-refractivity contribution < 1.29 is 34.2 Å². The number of nitrogens with one attached hydrogen (secondary N) is 4. The minimum absolute atomic E-state index is 0.0406. The van der Waals surface area contributed by atoms with Crippen molar-refractivity contribution in [2.24, 2.45) is 28.1 Å². The fourth-order valence-corrected chi connectivity index (χ4v) is 3.99. The molecule has 224 valence electrons. The van der Waals surface area contributed by atoms with Gasteiger partial charge in [0.15, 0.2) is 5.96 Å². The van der Waals surface area contributed by atoms with Crippen LogP contribution < -0.4 is 33.2 Å². The Morgan fingerprint density at radius 1 is 0.927 bits per heavy atom. The minimum atomic E-state index is -1.64. The zero-order valence-electron chi connectivity index (χ0n) is 22.9. The Morgan fingerprint density at radius 2 is 1.54 bits per heavy atom. The van der Waals surface area contributed by atoms with Crippen LogP contribution in [0.2, 0.25) is 0 Å². The van der Waals surface area contributed by atoms with E-state index in [4.69, 9.17) is 17.2 Å². The van der Waals surface area contributed by atoms with Crippen LogP contribution in [-0.2, 0) is 30.4 Å². The zero-order chi connectivity index (χ0) is 30.7. The number of benzene rings is 1. The Kier molecular flexibility index (Phi) is 12.1. The second-order valence-corrected chi connectivity index (χ2v) is 9.90. The number of hydrogen-bond acceptors (Lipinski definition) is 7. The Morgan fingerprint density at radius 3 is 2.15 bits per heavy atom. The van der Waals surface area contributed by atoms with Crippen LogP contribution >= 0.6 is 0 Å². The van der Waals surface area contributed by atoms with E-state index >= 15 is 0 Å². The predicted molar refractivity (Wildman–Crippen MR) is 150 cm³/mol. The first-order valence-electron chi connectivity index (χ1n) is 13.0. The number of para-hydroxylation sites is 1.